The minimum Gasteiger partial charge on any atom is -0.490 e. The highest BCUT2D eigenvalue weighted by atomic mass is 35.5. The summed E-state index contributed by atoms with van der Waals surface area (Å²) in [5, 5.41) is 3.72. The van der Waals surface area contributed by atoms with E-state index < -0.39 is 0 Å². The van der Waals surface area contributed by atoms with E-state index in [-0.39, 0.29) is 5.82 Å². The summed E-state index contributed by atoms with van der Waals surface area (Å²) in [4.78, 5) is 6.98. The lowest BCUT2D eigenvalue weighted by molar-refractivity contribution is 0.322. The number of fused-ring (bicyclic) bond motifs is 1. The van der Waals surface area contributed by atoms with Crippen molar-refractivity contribution in [1.82, 2.24) is 10.3 Å². The zero-order valence-corrected chi connectivity index (χ0v) is 15.2. The van der Waals surface area contributed by atoms with Gasteiger partial charge in [0, 0.05) is 30.2 Å². The molecule has 0 unspecified atom stereocenters. The highest BCUT2D eigenvalue weighted by Crippen LogP contribution is 2.33. The zero-order valence-electron chi connectivity index (χ0n) is 14.5. The maximum absolute atomic E-state index is 14.3. The van der Waals surface area contributed by atoms with Crippen LogP contribution in [-0.4, -0.2) is 31.2 Å². The molecule has 0 spiro atoms. The van der Waals surface area contributed by atoms with Crippen LogP contribution in [0.2, 0.25) is 5.02 Å². The Morgan fingerprint density at radius 2 is 2.19 bits per heavy atom. The Hall–Kier alpha value is -2.11. The van der Waals surface area contributed by atoms with Crippen LogP contribution in [0.1, 0.15) is 24.1 Å². The first kappa shape index (κ1) is 17.3. The Balaban J connectivity index is 1.67. The van der Waals surface area contributed by atoms with Gasteiger partial charge in [-0.2, -0.15) is 0 Å². The molecule has 4 nitrogen and oxygen atoms in total. The molecule has 0 saturated carbocycles. The maximum atomic E-state index is 14.3. The molecule has 0 amide bonds. The third-order valence-electron chi connectivity index (χ3n) is 4.74. The van der Waals surface area contributed by atoms with Crippen LogP contribution < -0.4 is 15.0 Å². The molecule has 0 aliphatic carbocycles. The van der Waals surface area contributed by atoms with Crippen molar-refractivity contribution in [2.75, 3.05) is 31.1 Å². The quantitative estimate of drug-likeness (QED) is 0.881. The highest BCUT2D eigenvalue weighted by Gasteiger charge is 2.21. The molecule has 0 radical (unpaired) electrons. The molecule has 2 aliphatic heterocycles. The van der Waals surface area contributed by atoms with Crippen molar-refractivity contribution >= 4 is 23.0 Å². The summed E-state index contributed by atoms with van der Waals surface area (Å²) in [6.07, 6.45) is 4.00. The van der Waals surface area contributed by atoms with Gasteiger partial charge in [-0.15, -0.1) is 0 Å². The number of hydrogen-bond donors (Lipinski definition) is 1. The summed E-state index contributed by atoms with van der Waals surface area (Å²) in [6, 6.07) is 8.82. The second kappa shape index (κ2) is 7.64. The topological polar surface area (TPSA) is 37.4 Å². The Morgan fingerprint density at radius 1 is 1.27 bits per heavy atom. The van der Waals surface area contributed by atoms with Crippen LogP contribution in [0.25, 0.3) is 5.57 Å². The lowest BCUT2D eigenvalue weighted by Crippen LogP contribution is -2.25. The molecule has 3 heterocycles. The lowest BCUT2D eigenvalue weighted by Gasteiger charge is -2.24. The molecule has 1 N–H and O–H groups in total. The Kier molecular flexibility index (Phi) is 5.09. The Morgan fingerprint density at radius 3 is 3.00 bits per heavy atom. The van der Waals surface area contributed by atoms with E-state index in [0.717, 1.165) is 49.7 Å². The van der Waals surface area contributed by atoms with E-state index in [1.54, 1.807) is 12.1 Å². The van der Waals surface area contributed by atoms with Gasteiger partial charge in [0.05, 0.1) is 12.3 Å². The summed E-state index contributed by atoms with van der Waals surface area (Å²) >= 11 is 5.88. The Labute approximate surface area is 157 Å². The second-order valence-corrected chi connectivity index (χ2v) is 7.00. The van der Waals surface area contributed by atoms with Crippen molar-refractivity contribution < 1.29 is 9.13 Å². The predicted octanol–water partition coefficient (Wildman–Crippen LogP) is 4.04. The van der Waals surface area contributed by atoms with Crippen molar-refractivity contribution in [3.63, 3.8) is 0 Å². The van der Waals surface area contributed by atoms with E-state index in [1.807, 2.05) is 12.1 Å². The first-order valence-corrected chi connectivity index (χ1v) is 9.31. The summed E-state index contributed by atoms with van der Waals surface area (Å²) in [7, 11) is 0. The van der Waals surface area contributed by atoms with Crippen LogP contribution in [0.3, 0.4) is 0 Å². The number of aromatic nitrogens is 1. The van der Waals surface area contributed by atoms with Crippen LogP contribution in [0.4, 0.5) is 10.2 Å². The number of rotatable bonds is 3. The van der Waals surface area contributed by atoms with E-state index in [1.165, 1.54) is 11.6 Å². The zero-order chi connectivity index (χ0) is 17.9. The first-order valence-electron chi connectivity index (χ1n) is 8.93. The minimum absolute atomic E-state index is 0.290. The summed E-state index contributed by atoms with van der Waals surface area (Å²) in [6.45, 7) is 3.67. The fourth-order valence-electron chi connectivity index (χ4n) is 3.36. The van der Waals surface area contributed by atoms with Crippen LogP contribution in [0, 0.1) is 5.82 Å². The largest absolute Gasteiger partial charge is 0.490 e. The van der Waals surface area contributed by atoms with Crippen molar-refractivity contribution in [3.05, 3.63) is 58.5 Å². The van der Waals surface area contributed by atoms with Crippen LogP contribution in [0.5, 0.6) is 5.75 Å². The third-order valence-corrected chi connectivity index (χ3v) is 4.97. The summed E-state index contributed by atoms with van der Waals surface area (Å²) in [5.41, 5.74) is 2.82. The molecular weight excluding hydrogens is 353 g/mol. The van der Waals surface area contributed by atoms with Crippen LogP contribution >= 0.6 is 11.6 Å². The van der Waals surface area contributed by atoms with Crippen LogP contribution in [-0.2, 0) is 6.54 Å². The standard InChI is InChI=1S/C20H21ClFN3O/c21-16-3-2-15(17(22)12-16)13-25-10-1-11-26-19-5-4-18(24-20(19)25)14-6-8-23-9-7-14/h2-6,12,23H,1,7-11,13H2. The molecule has 0 atom stereocenters. The van der Waals surface area contributed by atoms with E-state index in [0.29, 0.717) is 23.7 Å². The van der Waals surface area contributed by atoms with E-state index >= 15 is 0 Å². The molecule has 1 aromatic heterocycles. The average Bonchev–Trinajstić information content (AvgIpc) is 2.86. The first-order chi connectivity index (χ1) is 12.7. The molecule has 0 saturated heterocycles. The molecule has 0 fully saturated rings. The molecule has 6 heteroatoms. The molecular formula is C20H21ClFN3O. The fourth-order valence-corrected chi connectivity index (χ4v) is 3.52. The van der Waals surface area contributed by atoms with Gasteiger partial charge in [0.2, 0.25) is 0 Å². The van der Waals surface area contributed by atoms with Crippen molar-refractivity contribution in [3.8, 4) is 5.75 Å². The number of anilines is 1. The van der Waals surface area contributed by atoms with E-state index in [9.17, 15) is 4.39 Å². The summed E-state index contributed by atoms with van der Waals surface area (Å²) in [5.74, 6) is 1.25. The highest BCUT2D eigenvalue weighted by molar-refractivity contribution is 6.30. The van der Waals surface area contributed by atoms with Crippen LogP contribution in [0.15, 0.2) is 36.4 Å². The third kappa shape index (κ3) is 3.69. The molecule has 136 valence electrons. The van der Waals surface area contributed by atoms with Gasteiger partial charge in [0.25, 0.3) is 0 Å². The number of halogens is 2. The van der Waals surface area contributed by atoms with Crippen molar-refractivity contribution in [2.45, 2.75) is 19.4 Å². The molecule has 0 bridgehead atoms. The van der Waals surface area contributed by atoms with Gasteiger partial charge in [0.15, 0.2) is 11.6 Å². The van der Waals surface area contributed by atoms with Gasteiger partial charge in [-0.25, -0.2) is 9.37 Å². The lowest BCUT2D eigenvalue weighted by atomic mass is 10.1. The number of benzene rings is 1. The van der Waals surface area contributed by atoms with E-state index in [4.69, 9.17) is 21.3 Å². The van der Waals surface area contributed by atoms with E-state index in [2.05, 4.69) is 16.3 Å². The number of pyridine rings is 1. The predicted molar refractivity (Wildman–Crippen MR) is 102 cm³/mol. The van der Waals surface area contributed by atoms with Crippen molar-refractivity contribution in [2.24, 2.45) is 0 Å². The molecule has 2 aromatic rings. The number of nitrogens with one attached hydrogen (secondary N) is 1. The number of ether oxygens (including phenoxy) is 1. The maximum Gasteiger partial charge on any atom is 0.172 e. The molecule has 1 aromatic carbocycles. The van der Waals surface area contributed by atoms with Gasteiger partial charge >= 0.3 is 0 Å². The monoisotopic (exact) mass is 373 g/mol. The molecule has 26 heavy (non-hydrogen) atoms. The van der Waals surface area contributed by atoms with Gasteiger partial charge in [-0.3, -0.25) is 0 Å². The fraction of sp³-hybridized carbons (Fsp3) is 0.350. The smallest absolute Gasteiger partial charge is 0.172 e. The normalized spacial score (nSPS) is 17.2. The van der Waals surface area contributed by atoms with Crippen molar-refractivity contribution in [1.29, 1.82) is 0 Å². The van der Waals surface area contributed by atoms with Gasteiger partial charge in [-0.05, 0) is 49.2 Å². The van der Waals surface area contributed by atoms with Gasteiger partial charge in [0.1, 0.15) is 5.82 Å². The number of nitrogens with zero attached hydrogens (tertiary/aromatic N) is 2. The SMILES string of the molecule is Fc1cc(Cl)ccc1CN1CCCOc2ccc(C3=CCNCC3)nc21. The average molecular weight is 374 g/mol. The minimum atomic E-state index is -0.290. The summed E-state index contributed by atoms with van der Waals surface area (Å²) < 4.78 is 20.1. The van der Waals surface area contributed by atoms with Gasteiger partial charge in [-0.1, -0.05) is 23.7 Å². The van der Waals surface area contributed by atoms with Gasteiger partial charge < -0.3 is 15.0 Å². The molecule has 4 rings (SSSR count). The molecule has 2 aliphatic rings. The number of hydrogen-bond acceptors (Lipinski definition) is 4. The second-order valence-electron chi connectivity index (χ2n) is 6.56. The Bertz CT molecular complexity index is 840.